The number of aryl methyl sites for hydroxylation is 1. The molecule has 0 radical (unpaired) electrons. The third-order valence-corrected chi connectivity index (χ3v) is 3.01. The van der Waals surface area contributed by atoms with Crippen molar-refractivity contribution < 1.29 is 0 Å². The summed E-state index contributed by atoms with van der Waals surface area (Å²) in [5.74, 6) is 0.805. The monoisotopic (exact) mass is 225 g/mol. The van der Waals surface area contributed by atoms with Crippen LogP contribution in [0.4, 0.5) is 0 Å². The van der Waals surface area contributed by atoms with E-state index in [1.165, 1.54) is 28.6 Å². The van der Waals surface area contributed by atoms with E-state index in [-0.39, 0.29) is 0 Å². The first-order valence-corrected chi connectivity index (χ1v) is 5.25. The maximum Gasteiger partial charge on any atom is 0.0542 e. The minimum absolute atomic E-state index is 0.805. The molecule has 0 aliphatic heterocycles. The molecule has 0 spiro atoms. The molecule has 0 N–H and O–H groups in total. The van der Waals surface area contributed by atoms with E-state index in [4.69, 9.17) is 0 Å². The van der Waals surface area contributed by atoms with Crippen molar-refractivity contribution in [1.82, 2.24) is 4.98 Å². The molecule has 1 fully saturated rings. The molecule has 2 heteroatoms. The largest absolute Gasteiger partial charge is 0.260 e. The van der Waals surface area contributed by atoms with Gasteiger partial charge in [0.2, 0.25) is 0 Å². The fraction of sp³-hybridized carbons (Fsp3) is 0.500. The third-order valence-electron chi connectivity index (χ3n) is 2.32. The van der Waals surface area contributed by atoms with E-state index >= 15 is 0 Å². The van der Waals surface area contributed by atoms with Crippen molar-refractivity contribution in [3.63, 3.8) is 0 Å². The van der Waals surface area contributed by atoms with Crippen LogP contribution in [0.3, 0.4) is 0 Å². The van der Waals surface area contributed by atoms with Crippen LogP contribution in [0, 0.1) is 0 Å². The number of halogens is 1. The van der Waals surface area contributed by atoms with Crippen LogP contribution in [-0.2, 0) is 6.42 Å². The van der Waals surface area contributed by atoms with Crippen molar-refractivity contribution in [2.75, 3.05) is 0 Å². The standard InChI is InChI=1S/C10H12BrN/c1-2-10-9(11)5-8(6-12-10)7-3-4-7/h5-7H,2-4H2,1H3. The summed E-state index contributed by atoms with van der Waals surface area (Å²) in [6.45, 7) is 2.13. The summed E-state index contributed by atoms with van der Waals surface area (Å²) in [6, 6.07) is 2.23. The number of rotatable bonds is 2. The Bertz CT molecular complexity index is 292. The topological polar surface area (TPSA) is 12.9 Å². The normalized spacial score (nSPS) is 16.5. The molecule has 0 saturated heterocycles. The minimum Gasteiger partial charge on any atom is -0.260 e. The number of hydrogen-bond acceptors (Lipinski definition) is 1. The predicted octanol–water partition coefficient (Wildman–Crippen LogP) is 3.28. The fourth-order valence-corrected chi connectivity index (χ4v) is 2.03. The first-order chi connectivity index (χ1) is 5.81. The van der Waals surface area contributed by atoms with Gasteiger partial charge in [-0.25, -0.2) is 0 Å². The van der Waals surface area contributed by atoms with Gasteiger partial charge in [-0.2, -0.15) is 0 Å². The number of nitrogens with zero attached hydrogens (tertiary/aromatic N) is 1. The van der Waals surface area contributed by atoms with Crippen molar-refractivity contribution in [1.29, 1.82) is 0 Å². The molecule has 1 aromatic heterocycles. The van der Waals surface area contributed by atoms with E-state index in [0.29, 0.717) is 0 Å². The molecule has 0 atom stereocenters. The van der Waals surface area contributed by atoms with Gasteiger partial charge >= 0.3 is 0 Å². The van der Waals surface area contributed by atoms with Crippen molar-refractivity contribution in [2.24, 2.45) is 0 Å². The van der Waals surface area contributed by atoms with Crippen LogP contribution in [0.2, 0.25) is 0 Å². The zero-order valence-electron chi connectivity index (χ0n) is 7.18. The molecule has 2 rings (SSSR count). The summed E-state index contributed by atoms with van der Waals surface area (Å²) in [7, 11) is 0. The Kier molecular flexibility index (Phi) is 2.18. The highest BCUT2D eigenvalue weighted by Gasteiger charge is 2.24. The Morgan fingerprint density at radius 3 is 2.83 bits per heavy atom. The molecule has 1 saturated carbocycles. The quantitative estimate of drug-likeness (QED) is 0.754. The van der Waals surface area contributed by atoms with Gasteiger partial charge in [0, 0.05) is 10.7 Å². The van der Waals surface area contributed by atoms with E-state index in [1.54, 1.807) is 0 Å². The lowest BCUT2D eigenvalue weighted by Crippen LogP contribution is -1.90. The van der Waals surface area contributed by atoms with Crippen LogP contribution in [0.5, 0.6) is 0 Å². The van der Waals surface area contributed by atoms with Crippen LogP contribution >= 0.6 is 15.9 Å². The third kappa shape index (κ3) is 1.53. The van der Waals surface area contributed by atoms with Crippen LogP contribution in [0.25, 0.3) is 0 Å². The van der Waals surface area contributed by atoms with Gasteiger partial charge in [0.1, 0.15) is 0 Å². The number of aromatic nitrogens is 1. The van der Waals surface area contributed by atoms with E-state index in [9.17, 15) is 0 Å². The predicted molar refractivity (Wildman–Crippen MR) is 53.3 cm³/mol. The summed E-state index contributed by atoms with van der Waals surface area (Å²) >= 11 is 3.54. The molecule has 0 amide bonds. The van der Waals surface area contributed by atoms with Gasteiger partial charge in [0.25, 0.3) is 0 Å². The SMILES string of the molecule is CCc1ncc(C2CC2)cc1Br. The molecule has 1 nitrogen and oxygen atoms in total. The summed E-state index contributed by atoms with van der Waals surface area (Å²) in [4.78, 5) is 4.41. The van der Waals surface area contributed by atoms with Gasteiger partial charge in [-0.1, -0.05) is 6.92 Å². The van der Waals surface area contributed by atoms with Crippen LogP contribution in [0.1, 0.15) is 36.9 Å². The molecular formula is C10H12BrN. The molecule has 0 bridgehead atoms. The van der Waals surface area contributed by atoms with Gasteiger partial charge in [-0.3, -0.25) is 4.98 Å². The summed E-state index contributed by atoms with van der Waals surface area (Å²) < 4.78 is 1.18. The Hall–Kier alpha value is -0.370. The number of hydrogen-bond donors (Lipinski definition) is 0. The first kappa shape index (κ1) is 8.24. The lowest BCUT2D eigenvalue weighted by atomic mass is 10.1. The van der Waals surface area contributed by atoms with Gasteiger partial charge in [0.05, 0.1) is 5.69 Å². The molecule has 1 heterocycles. The molecule has 1 aliphatic rings. The van der Waals surface area contributed by atoms with Crippen LogP contribution < -0.4 is 0 Å². The van der Waals surface area contributed by atoms with Crippen molar-refractivity contribution >= 4 is 15.9 Å². The van der Waals surface area contributed by atoms with E-state index < -0.39 is 0 Å². The van der Waals surface area contributed by atoms with Crippen molar-refractivity contribution in [2.45, 2.75) is 32.1 Å². The fourth-order valence-electron chi connectivity index (χ4n) is 1.38. The second kappa shape index (κ2) is 3.17. The molecule has 0 unspecified atom stereocenters. The van der Waals surface area contributed by atoms with Crippen LogP contribution in [-0.4, -0.2) is 4.98 Å². The summed E-state index contributed by atoms with van der Waals surface area (Å²) in [6.07, 6.45) is 5.73. The maximum atomic E-state index is 4.41. The molecule has 64 valence electrons. The lowest BCUT2D eigenvalue weighted by molar-refractivity contribution is 0.988. The molecule has 1 aromatic rings. The highest BCUT2D eigenvalue weighted by molar-refractivity contribution is 9.10. The Labute approximate surface area is 81.3 Å². The average molecular weight is 226 g/mol. The zero-order valence-corrected chi connectivity index (χ0v) is 8.76. The van der Waals surface area contributed by atoms with E-state index in [1.807, 2.05) is 6.20 Å². The molecule has 12 heavy (non-hydrogen) atoms. The second-order valence-electron chi connectivity index (χ2n) is 3.32. The molecular weight excluding hydrogens is 214 g/mol. The zero-order chi connectivity index (χ0) is 8.55. The van der Waals surface area contributed by atoms with Gasteiger partial charge in [-0.15, -0.1) is 0 Å². The van der Waals surface area contributed by atoms with Gasteiger partial charge in [-0.05, 0) is 52.7 Å². The Balaban J connectivity index is 2.30. The average Bonchev–Trinajstić information content (AvgIpc) is 2.86. The highest BCUT2D eigenvalue weighted by Crippen LogP contribution is 2.40. The highest BCUT2D eigenvalue weighted by atomic mass is 79.9. The lowest BCUT2D eigenvalue weighted by Gasteiger charge is -2.02. The molecule has 1 aliphatic carbocycles. The van der Waals surface area contributed by atoms with E-state index in [0.717, 1.165) is 12.3 Å². The summed E-state index contributed by atoms with van der Waals surface area (Å²) in [5, 5.41) is 0. The smallest absolute Gasteiger partial charge is 0.0542 e. The summed E-state index contributed by atoms with van der Waals surface area (Å²) in [5.41, 5.74) is 2.57. The Morgan fingerprint density at radius 2 is 2.33 bits per heavy atom. The maximum absolute atomic E-state index is 4.41. The Morgan fingerprint density at radius 1 is 1.58 bits per heavy atom. The van der Waals surface area contributed by atoms with Gasteiger partial charge in [0.15, 0.2) is 0 Å². The van der Waals surface area contributed by atoms with E-state index in [2.05, 4.69) is 33.9 Å². The number of pyridine rings is 1. The molecule has 0 aromatic carbocycles. The van der Waals surface area contributed by atoms with Crippen molar-refractivity contribution in [3.8, 4) is 0 Å². The van der Waals surface area contributed by atoms with Gasteiger partial charge < -0.3 is 0 Å². The second-order valence-corrected chi connectivity index (χ2v) is 4.18. The minimum atomic E-state index is 0.805. The first-order valence-electron chi connectivity index (χ1n) is 4.45. The van der Waals surface area contributed by atoms with Crippen LogP contribution in [0.15, 0.2) is 16.7 Å². The van der Waals surface area contributed by atoms with Crippen molar-refractivity contribution in [3.05, 3.63) is 28.0 Å².